The van der Waals surface area contributed by atoms with E-state index in [9.17, 15) is 14.4 Å². The third-order valence-corrected chi connectivity index (χ3v) is 5.30. The van der Waals surface area contributed by atoms with E-state index in [1.165, 1.54) is 6.07 Å². The minimum absolute atomic E-state index is 0.0579. The van der Waals surface area contributed by atoms with Gasteiger partial charge in [0.2, 0.25) is 0 Å². The lowest BCUT2D eigenvalue weighted by Crippen LogP contribution is -2.32. The molecule has 2 aromatic carbocycles. The molecule has 1 aliphatic rings. The fourth-order valence-electron chi connectivity index (χ4n) is 2.83. The molecule has 6 nitrogen and oxygen atoms in total. The molecule has 0 fully saturated rings. The first kappa shape index (κ1) is 21.9. The lowest BCUT2D eigenvalue weighted by atomic mass is 10.2. The summed E-state index contributed by atoms with van der Waals surface area (Å²) in [6.45, 7) is 4.15. The largest absolute Gasteiger partial charge is 0.462 e. The molecule has 0 radical (unpaired) electrons. The van der Waals surface area contributed by atoms with Crippen LogP contribution >= 0.6 is 23.2 Å². The summed E-state index contributed by atoms with van der Waals surface area (Å²) in [4.78, 5) is 38.7. The van der Waals surface area contributed by atoms with E-state index in [1.54, 1.807) is 36.4 Å². The molecule has 0 saturated carbocycles. The van der Waals surface area contributed by atoms with Crippen molar-refractivity contribution >= 4 is 52.4 Å². The van der Waals surface area contributed by atoms with Crippen LogP contribution in [0.25, 0.3) is 0 Å². The van der Waals surface area contributed by atoms with E-state index in [0.29, 0.717) is 17.3 Å². The summed E-state index contributed by atoms with van der Waals surface area (Å²) in [5.41, 5.74) is 1.81. The standard InChI is InChI=1S/C22H20Cl2N2O4/c1-3-4-10-30-22(29)14-6-5-7-16(11-14)26-20(27)18(24)19(21(26)28)25-15-9-8-13(2)17(23)12-15/h5-9,11-12,25H,3-4,10H2,1-2H3. The maximum atomic E-state index is 12.9. The van der Waals surface area contributed by atoms with Crippen LogP contribution in [0.2, 0.25) is 5.02 Å². The van der Waals surface area contributed by atoms with E-state index in [-0.39, 0.29) is 22.0 Å². The van der Waals surface area contributed by atoms with Crippen LogP contribution in [0.1, 0.15) is 35.7 Å². The average molecular weight is 447 g/mol. The molecular formula is C22H20Cl2N2O4. The maximum Gasteiger partial charge on any atom is 0.338 e. The molecule has 0 bridgehead atoms. The Bertz CT molecular complexity index is 1050. The minimum Gasteiger partial charge on any atom is -0.462 e. The first-order valence-corrected chi connectivity index (χ1v) is 10.2. The van der Waals surface area contributed by atoms with Crippen LogP contribution in [0.15, 0.2) is 53.2 Å². The van der Waals surface area contributed by atoms with Gasteiger partial charge in [0.15, 0.2) is 0 Å². The molecule has 156 valence electrons. The molecule has 0 spiro atoms. The van der Waals surface area contributed by atoms with Crippen LogP contribution in [-0.2, 0) is 14.3 Å². The van der Waals surface area contributed by atoms with Crippen LogP contribution in [0.5, 0.6) is 0 Å². The second kappa shape index (κ2) is 9.32. The van der Waals surface area contributed by atoms with E-state index < -0.39 is 17.8 Å². The highest BCUT2D eigenvalue weighted by atomic mass is 35.5. The van der Waals surface area contributed by atoms with Crippen LogP contribution in [0, 0.1) is 6.92 Å². The number of aryl methyl sites for hydroxylation is 1. The summed E-state index contributed by atoms with van der Waals surface area (Å²) in [6, 6.07) is 11.3. The van der Waals surface area contributed by atoms with Crippen molar-refractivity contribution in [1.82, 2.24) is 0 Å². The smallest absolute Gasteiger partial charge is 0.338 e. The first-order valence-electron chi connectivity index (χ1n) is 9.42. The van der Waals surface area contributed by atoms with Gasteiger partial charge >= 0.3 is 5.97 Å². The summed E-state index contributed by atoms with van der Waals surface area (Å²) < 4.78 is 5.19. The van der Waals surface area contributed by atoms with Crippen LogP contribution < -0.4 is 10.2 Å². The Kier molecular flexibility index (Phi) is 6.80. The topological polar surface area (TPSA) is 75.7 Å². The Morgan fingerprint density at radius 1 is 1.10 bits per heavy atom. The summed E-state index contributed by atoms with van der Waals surface area (Å²) in [5.74, 6) is -1.83. The number of unbranched alkanes of at least 4 members (excludes halogenated alkanes) is 1. The van der Waals surface area contributed by atoms with Gasteiger partial charge in [0, 0.05) is 10.7 Å². The highest BCUT2D eigenvalue weighted by Crippen LogP contribution is 2.31. The highest BCUT2D eigenvalue weighted by Gasteiger charge is 2.39. The number of anilines is 2. The van der Waals surface area contributed by atoms with Crippen molar-refractivity contribution in [1.29, 1.82) is 0 Å². The molecule has 2 aromatic rings. The number of hydrogen-bond donors (Lipinski definition) is 1. The molecule has 0 saturated heterocycles. The number of amides is 2. The molecular weight excluding hydrogens is 427 g/mol. The van der Waals surface area contributed by atoms with Crippen molar-refractivity contribution in [3.8, 4) is 0 Å². The van der Waals surface area contributed by atoms with Crippen LogP contribution in [0.3, 0.4) is 0 Å². The summed E-state index contributed by atoms with van der Waals surface area (Å²) in [5, 5.41) is 3.14. The Balaban J connectivity index is 1.82. The predicted molar refractivity (Wildman–Crippen MR) is 117 cm³/mol. The number of nitrogens with one attached hydrogen (secondary N) is 1. The fourth-order valence-corrected chi connectivity index (χ4v) is 3.22. The molecule has 0 aromatic heterocycles. The van der Waals surface area contributed by atoms with Crippen LogP contribution in [0.4, 0.5) is 11.4 Å². The number of ether oxygens (including phenoxy) is 1. The molecule has 1 aliphatic heterocycles. The zero-order valence-corrected chi connectivity index (χ0v) is 18.0. The summed E-state index contributed by atoms with van der Waals surface area (Å²) >= 11 is 12.3. The number of carbonyl (C=O) groups excluding carboxylic acids is 3. The Labute approximate surface area is 184 Å². The zero-order chi connectivity index (χ0) is 21.8. The van der Waals surface area contributed by atoms with Crippen molar-refractivity contribution in [3.63, 3.8) is 0 Å². The van der Waals surface area contributed by atoms with Gasteiger partial charge in [-0.15, -0.1) is 0 Å². The van der Waals surface area contributed by atoms with E-state index in [1.807, 2.05) is 13.8 Å². The highest BCUT2D eigenvalue weighted by molar-refractivity contribution is 6.53. The van der Waals surface area contributed by atoms with Gasteiger partial charge in [-0.3, -0.25) is 9.59 Å². The third kappa shape index (κ3) is 4.50. The zero-order valence-electron chi connectivity index (χ0n) is 16.5. The lowest BCUT2D eigenvalue weighted by Gasteiger charge is -2.16. The number of esters is 1. The van der Waals surface area contributed by atoms with Gasteiger partial charge in [0.1, 0.15) is 10.7 Å². The fraction of sp³-hybridized carbons (Fsp3) is 0.227. The number of hydrogen-bond acceptors (Lipinski definition) is 5. The molecule has 1 N–H and O–H groups in total. The predicted octanol–water partition coefficient (Wildman–Crippen LogP) is 5.04. The molecule has 0 atom stereocenters. The van der Waals surface area contributed by atoms with Crippen molar-refractivity contribution in [2.24, 2.45) is 0 Å². The van der Waals surface area contributed by atoms with Gasteiger partial charge in [0.05, 0.1) is 17.9 Å². The first-order chi connectivity index (χ1) is 14.3. The number of carbonyl (C=O) groups is 3. The normalized spacial score (nSPS) is 13.8. The van der Waals surface area contributed by atoms with E-state index in [2.05, 4.69) is 5.32 Å². The van der Waals surface area contributed by atoms with Crippen molar-refractivity contribution in [2.75, 3.05) is 16.8 Å². The molecule has 0 aliphatic carbocycles. The van der Waals surface area contributed by atoms with Crippen molar-refractivity contribution in [2.45, 2.75) is 26.7 Å². The third-order valence-electron chi connectivity index (χ3n) is 4.54. The Hall–Kier alpha value is -2.83. The summed E-state index contributed by atoms with van der Waals surface area (Å²) in [7, 11) is 0. The molecule has 3 rings (SSSR count). The second-order valence-electron chi connectivity index (χ2n) is 6.76. The van der Waals surface area contributed by atoms with E-state index in [0.717, 1.165) is 23.3 Å². The second-order valence-corrected chi connectivity index (χ2v) is 7.55. The Morgan fingerprint density at radius 3 is 2.57 bits per heavy atom. The molecule has 8 heteroatoms. The molecule has 0 unspecified atom stereocenters. The monoisotopic (exact) mass is 446 g/mol. The minimum atomic E-state index is -0.682. The van der Waals surface area contributed by atoms with Gasteiger partial charge in [-0.2, -0.15) is 0 Å². The molecule has 1 heterocycles. The summed E-state index contributed by atoms with van der Waals surface area (Å²) in [6.07, 6.45) is 1.66. The molecule has 2 amide bonds. The lowest BCUT2D eigenvalue weighted by molar-refractivity contribution is -0.120. The van der Waals surface area contributed by atoms with Gasteiger partial charge < -0.3 is 10.1 Å². The SMILES string of the molecule is CCCCOC(=O)c1cccc(N2C(=O)C(Cl)=C(Nc3ccc(C)c(Cl)c3)C2=O)c1. The van der Waals surface area contributed by atoms with Gasteiger partial charge in [0.25, 0.3) is 11.8 Å². The van der Waals surface area contributed by atoms with E-state index in [4.69, 9.17) is 27.9 Å². The number of imide groups is 1. The van der Waals surface area contributed by atoms with Crippen molar-refractivity contribution in [3.05, 3.63) is 69.3 Å². The van der Waals surface area contributed by atoms with Crippen molar-refractivity contribution < 1.29 is 19.1 Å². The number of rotatable bonds is 7. The van der Waals surface area contributed by atoms with Gasteiger partial charge in [-0.1, -0.05) is 48.7 Å². The average Bonchev–Trinajstić information content (AvgIpc) is 2.94. The van der Waals surface area contributed by atoms with E-state index >= 15 is 0 Å². The molecule has 30 heavy (non-hydrogen) atoms. The number of benzene rings is 2. The number of halogens is 2. The van der Waals surface area contributed by atoms with Crippen LogP contribution in [-0.4, -0.2) is 24.4 Å². The quantitative estimate of drug-likeness (QED) is 0.366. The van der Waals surface area contributed by atoms with Gasteiger partial charge in [-0.25, -0.2) is 9.69 Å². The Morgan fingerprint density at radius 2 is 1.87 bits per heavy atom. The maximum absolute atomic E-state index is 12.9. The van der Waals surface area contributed by atoms with Gasteiger partial charge in [-0.05, 0) is 49.2 Å². The number of nitrogens with zero attached hydrogens (tertiary/aromatic N) is 1.